The summed E-state index contributed by atoms with van der Waals surface area (Å²) in [5, 5.41) is 0. The van der Waals surface area contributed by atoms with Crippen LogP contribution in [0.5, 0.6) is 0 Å². The first-order valence-corrected chi connectivity index (χ1v) is 4.21. The summed E-state index contributed by atoms with van der Waals surface area (Å²) in [6.45, 7) is 0. The number of rotatable bonds is 2. The van der Waals surface area contributed by atoms with E-state index in [0.717, 1.165) is 10.0 Å². The van der Waals surface area contributed by atoms with Crippen molar-refractivity contribution < 1.29 is 4.79 Å². The molecule has 0 aromatic heterocycles. The lowest BCUT2D eigenvalue weighted by Crippen LogP contribution is -2.04. The highest BCUT2D eigenvalue weighted by atomic mass is 79.9. The minimum atomic E-state index is -0.432. The van der Waals surface area contributed by atoms with Gasteiger partial charge in [-0.1, -0.05) is 28.1 Å². The van der Waals surface area contributed by atoms with E-state index in [4.69, 9.17) is 5.73 Å². The average molecular weight is 226 g/mol. The molecule has 62 valence electrons. The molecule has 0 aliphatic rings. The van der Waals surface area contributed by atoms with Gasteiger partial charge in [0.15, 0.2) is 0 Å². The lowest BCUT2D eigenvalue weighted by atomic mass is 10.2. The summed E-state index contributed by atoms with van der Waals surface area (Å²) < 4.78 is 1.01. The van der Waals surface area contributed by atoms with Crippen LogP contribution in [-0.2, 0) is 4.79 Å². The maximum absolute atomic E-state index is 10.4. The molecule has 1 aromatic rings. The van der Waals surface area contributed by atoms with Crippen LogP contribution in [-0.4, -0.2) is 5.91 Å². The lowest BCUT2D eigenvalue weighted by Gasteiger charge is -1.91. The van der Waals surface area contributed by atoms with Crippen molar-refractivity contribution in [2.45, 2.75) is 0 Å². The fourth-order valence-electron chi connectivity index (χ4n) is 0.752. The number of amides is 1. The van der Waals surface area contributed by atoms with Gasteiger partial charge in [-0.05, 0) is 23.8 Å². The van der Waals surface area contributed by atoms with Crippen molar-refractivity contribution in [1.29, 1.82) is 0 Å². The minimum absolute atomic E-state index is 0.432. The topological polar surface area (TPSA) is 43.1 Å². The van der Waals surface area contributed by atoms with Crippen molar-refractivity contribution in [3.05, 3.63) is 40.4 Å². The zero-order chi connectivity index (χ0) is 8.97. The predicted octanol–water partition coefficient (Wildman–Crippen LogP) is 1.95. The van der Waals surface area contributed by atoms with Crippen LogP contribution in [0.4, 0.5) is 0 Å². The molecule has 12 heavy (non-hydrogen) atoms. The maximum atomic E-state index is 10.4. The Morgan fingerprint density at radius 2 is 1.92 bits per heavy atom. The van der Waals surface area contributed by atoms with Gasteiger partial charge >= 0.3 is 0 Å². The van der Waals surface area contributed by atoms with Crippen molar-refractivity contribution in [1.82, 2.24) is 0 Å². The van der Waals surface area contributed by atoms with Gasteiger partial charge in [0.05, 0.1) is 0 Å². The van der Waals surface area contributed by atoms with Crippen LogP contribution in [0.25, 0.3) is 6.08 Å². The van der Waals surface area contributed by atoms with Crippen LogP contribution < -0.4 is 5.73 Å². The molecule has 2 nitrogen and oxygen atoms in total. The molecule has 0 unspecified atom stereocenters. The van der Waals surface area contributed by atoms with Crippen LogP contribution >= 0.6 is 15.9 Å². The standard InChI is InChI=1S/C9H8BrNO/c10-8-4-1-7(2-5-8)3-6-9(11)12/h1-6H,(H2,11,12)/b6-3+. The summed E-state index contributed by atoms with van der Waals surface area (Å²) in [7, 11) is 0. The molecule has 3 heteroatoms. The van der Waals surface area contributed by atoms with E-state index in [2.05, 4.69) is 15.9 Å². The zero-order valence-corrected chi connectivity index (χ0v) is 7.91. The predicted molar refractivity (Wildman–Crippen MR) is 52.4 cm³/mol. The first-order valence-electron chi connectivity index (χ1n) is 3.41. The molecule has 1 aromatic carbocycles. The van der Waals surface area contributed by atoms with Gasteiger partial charge in [0.25, 0.3) is 0 Å². The fraction of sp³-hybridized carbons (Fsp3) is 0. The number of primary amides is 1. The largest absolute Gasteiger partial charge is 0.366 e. The molecule has 0 bridgehead atoms. The molecule has 1 rings (SSSR count). The maximum Gasteiger partial charge on any atom is 0.241 e. The first-order chi connectivity index (χ1) is 5.68. The number of hydrogen-bond donors (Lipinski definition) is 1. The van der Waals surface area contributed by atoms with Gasteiger partial charge in [-0.15, -0.1) is 0 Å². The Balaban J connectivity index is 2.77. The molecular formula is C9H8BrNO. The van der Waals surface area contributed by atoms with Crippen molar-refractivity contribution in [2.24, 2.45) is 5.73 Å². The third kappa shape index (κ3) is 2.88. The normalized spacial score (nSPS) is 10.4. The molecule has 2 N–H and O–H groups in total. The van der Waals surface area contributed by atoms with Crippen LogP contribution in [0.1, 0.15) is 5.56 Å². The van der Waals surface area contributed by atoms with Gasteiger partial charge in [-0.25, -0.2) is 0 Å². The van der Waals surface area contributed by atoms with Gasteiger partial charge in [-0.2, -0.15) is 0 Å². The minimum Gasteiger partial charge on any atom is -0.366 e. The van der Waals surface area contributed by atoms with Crippen molar-refractivity contribution in [2.75, 3.05) is 0 Å². The third-order valence-electron chi connectivity index (χ3n) is 1.31. The third-order valence-corrected chi connectivity index (χ3v) is 1.84. The summed E-state index contributed by atoms with van der Waals surface area (Å²) in [4.78, 5) is 10.4. The quantitative estimate of drug-likeness (QED) is 0.769. The van der Waals surface area contributed by atoms with Gasteiger partial charge in [0.2, 0.25) is 5.91 Å². The lowest BCUT2D eigenvalue weighted by molar-refractivity contribution is -0.113. The van der Waals surface area contributed by atoms with E-state index in [1.54, 1.807) is 6.08 Å². The van der Waals surface area contributed by atoms with E-state index in [9.17, 15) is 4.79 Å². The van der Waals surface area contributed by atoms with E-state index in [1.807, 2.05) is 24.3 Å². The van der Waals surface area contributed by atoms with Crippen LogP contribution in [0, 0.1) is 0 Å². The number of nitrogens with two attached hydrogens (primary N) is 1. The highest BCUT2D eigenvalue weighted by Crippen LogP contribution is 2.11. The molecule has 0 fully saturated rings. The highest BCUT2D eigenvalue weighted by Gasteiger charge is 1.87. The molecule has 1 amide bonds. The molecule has 0 aliphatic heterocycles. The van der Waals surface area contributed by atoms with Crippen molar-refractivity contribution in [3.8, 4) is 0 Å². The van der Waals surface area contributed by atoms with Gasteiger partial charge in [0, 0.05) is 10.5 Å². The summed E-state index contributed by atoms with van der Waals surface area (Å²) in [6, 6.07) is 7.59. The van der Waals surface area contributed by atoms with E-state index in [0.29, 0.717) is 0 Å². The molecule has 0 aliphatic carbocycles. The summed E-state index contributed by atoms with van der Waals surface area (Å²) >= 11 is 3.31. The average Bonchev–Trinajstić information content (AvgIpc) is 2.03. The van der Waals surface area contributed by atoms with E-state index < -0.39 is 5.91 Å². The summed E-state index contributed by atoms with van der Waals surface area (Å²) in [6.07, 6.45) is 3.01. The van der Waals surface area contributed by atoms with Crippen molar-refractivity contribution >= 4 is 27.9 Å². The number of carbonyl (C=O) groups is 1. The molecule has 0 radical (unpaired) electrons. The van der Waals surface area contributed by atoms with Crippen LogP contribution in [0.3, 0.4) is 0 Å². The van der Waals surface area contributed by atoms with Crippen LogP contribution in [0.2, 0.25) is 0 Å². The molecule has 0 saturated carbocycles. The Kier molecular flexibility index (Phi) is 3.05. The second-order valence-corrected chi connectivity index (χ2v) is 3.20. The number of carbonyl (C=O) groups excluding carboxylic acids is 1. The molecule has 0 spiro atoms. The second kappa shape index (κ2) is 4.07. The fourth-order valence-corrected chi connectivity index (χ4v) is 1.02. The Labute approximate surface area is 79.2 Å². The Morgan fingerprint density at radius 1 is 1.33 bits per heavy atom. The first kappa shape index (κ1) is 9.00. The van der Waals surface area contributed by atoms with Crippen LogP contribution in [0.15, 0.2) is 34.8 Å². The number of halogens is 1. The Hall–Kier alpha value is -1.09. The van der Waals surface area contributed by atoms with Gasteiger partial charge < -0.3 is 5.73 Å². The van der Waals surface area contributed by atoms with E-state index >= 15 is 0 Å². The Morgan fingerprint density at radius 3 is 2.42 bits per heavy atom. The zero-order valence-electron chi connectivity index (χ0n) is 6.33. The number of benzene rings is 1. The molecule has 0 heterocycles. The SMILES string of the molecule is NC(=O)/C=C/c1ccc(Br)cc1. The molecule has 0 atom stereocenters. The Bertz CT molecular complexity index is 303. The molecular weight excluding hydrogens is 218 g/mol. The van der Waals surface area contributed by atoms with Crippen molar-refractivity contribution in [3.63, 3.8) is 0 Å². The number of hydrogen-bond acceptors (Lipinski definition) is 1. The smallest absolute Gasteiger partial charge is 0.241 e. The summed E-state index contributed by atoms with van der Waals surface area (Å²) in [5.74, 6) is -0.432. The highest BCUT2D eigenvalue weighted by molar-refractivity contribution is 9.10. The van der Waals surface area contributed by atoms with E-state index in [-0.39, 0.29) is 0 Å². The van der Waals surface area contributed by atoms with Gasteiger partial charge in [-0.3, -0.25) is 4.79 Å². The van der Waals surface area contributed by atoms with E-state index in [1.165, 1.54) is 6.08 Å². The molecule has 0 saturated heterocycles. The monoisotopic (exact) mass is 225 g/mol. The second-order valence-electron chi connectivity index (χ2n) is 2.29. The summed E-state index contributed by atoms with van der Waals surface area (Å²) in [5.41, 5.74) is 5.89. The van der Waals surface area contributed by atoms with Gasteiger partial charge in [0.1, 0.15) is 0 Å².